The third kappa shape index (κ3) is 3.85. The second-order valence-corrected chi connectivity index (χ2v) is 4.50. The van der Waals surface area contributed by atoms with Gasteiger partial charge in [0, 0.05) is 6.54 Å². The van der Waals surface area contributed by atoms with Crippen LogP contribution in [0.5, 0.6) is 11.5 Å². The molecule has 0 bridgehead atoms. The van der Waals surface area contributed by atoms with E-state index in [1.165, 1.54) is 12.1 Å². The zero-order valence-electron chi connectivity index (χ0n) is 10.8. The van der Waals surface area contributed by atoms with Crippen LogP contribution in [0.15, 0.2) is 42.5 Å². The molecule has 3 nitrogen and oxygen atoms in total. The zero-order chi connectivity index (χ0) is 14.4. The molecule has 20 heavy (non-hydrogen) atoms. The highest BCUT2D eigenvalue weighted by Crippen LogP contribution is 2.27. The van der Waals surface area contributed by atoms with E-state index in [2.05, 4.69) is 0 Å². The molecule has 0 fully saturated rings. The van der Waals surface area contributed by atoms with Crippen molar-refractivity contribution < 1.29 is 13.9 Å². The van der Waals surface area contributed by atoms with Crippen LogP contribution in [0.2, 0.25) is 5.02 Å². The summed E-state index contributed by atoms with van der Waals surface area (Å²) in [7, 11) is 0. The van der Waals surface area contributed by atoms with Crippen molar-refractivity contribution in [3.05, 3.63) is 58.9 Å². The summed E-state index contributed by atoms with van der Waals surface area (Å²) in [6.07, 6.45) is 0. The molecule has 0 unspecified atom stereocenters. The van der Waals surface area contributed by atoms with Gasteiger partial charge in [0.25, 0.3) is 0 Å². The predicted octanol–water partition coefficient (Wildman–Crippen LogP) is 3.40. The van der Waals surface area contributed by atoms with Crippen LogP contribution in [-0.4, -0.2) is 13.2 Å². The number of benzene rings is 2. The average molecular weight is 296 g/mol. The minimum absolute atomic E-state index is 0.0521. The second kappa shape index (κ2) is 7.12. The Morgan fingerprint density at radius 3 is 2.35 bits per heavy atom. The van der Waals surface area contributed by atoms with Crippen LogP contribution in [0.4, 0.5) is 4.39 Å². The van der Waals surface area contributed by atoms with Gasteiger partial charge in [0.15, 0.2) is 11.6 Å². The van der Waals surface area contributed by atoms with Gasteiger partial charge in [0.05, 0.1) is 5.02 Å². The lowest BCUT2D eigenvalue weighted by molar-refractivity contribution is 0.211. The fourth-order valence-corrected chi connectivity index (χ4v) is 1.86. The second-order valence-electron chi connectivity index (χ2n) is 4.10. The number of ether oxygens (including phenoxy) is 2. The minimum Gasteiger partial charge on any atom is -0.490 e. The van der Waals surface area contributed by atoms with Crippen LogP contribution in [-0.2, 0) is 6.54 Å². The molecule has 0 aliphatic rings. The highest BCUT2D eigenvalue weighted by molar-refractivity contribution is 6.32. The molecule has 0 radical (unpaired) electrons. The van der Waals surface area contributed by atoms with Gasteiger partial charge in [-0.25, -0.2) is 4.39 Å². The van der Waals surface area contributed by atoms with Crippen LogP contribution in [0.3, 0.4) is 0 Å². The van der Waals surface area contributed by atoms with E-state index in [1.54, 1.807) is 6.07 Å². The zero-order valence-corrected chi connectivity index (χ0v) is 11.6. The van der Waals surface area contributed by atoms with Crippen LogP contribution in [0.1, 0.15) is 5.56 Å². The summed E-state index contributed by atoms with van der Waals surface area (Å²) >= 11 is 5.84. The lowest BCUT2D eigenvalue weighted by Gasteiger charge is -2.10. The number of para-hydroxylation sites is 1. The molecule has 0 amide bonds. The van der Waals surface area contributed by atoms with E-state index in [9.17, 15) is 4.39 Å². The summed E-state index contributed by atoms with van der Waals surface area (Å²) in [6, 6.07) is 11.9. The molecule has 0 saturated heterocycles. The molecular formula is C15H15ClFNO2. The van der Waals surface area contributed by atoms with Crippen LogP contribution < -0.4 is 15.2 Å². The molecule has 0 aliphatic heterocycles. The molecule has 0 saturated carbocycles. The molecule has 2 aromatic carbocycles. The van der Waals surface area contributed by atoms with Crippen LogP contribution in [0.25, 0.3) is 0 Å². The predicted molar refractivity (Wildman–Crippen MR) is 76.7 cm³/mol. The Hall–Kier alpha value is -1.78. The van der Waals surface area contributed by atoms with Crippen molar-refractivity contribution in [1.82, 2.24) is 0 Å². The molecule has 2 N–H and O–H groups in total. The fraction of sp³-hybridized carbons (Fsp3) is 0.200. The van der Waals surface area contributed by atoms with Crippen molar-refractivity contribution in [2.75, 3.05) is 13.2 Å². The maximum atomic E-state index is 13.4. The van der Waals surface area contributed by atoms with E-state index in [0.29, 0.717) is 18.9 Å². The quantitative estimate of drug-likeness (QED) is 0.831. The van der Waals surface area contributed by atoms with E-state index >= 15 is 0 Å². The van der Waals surface area contributed by atoms with E-state index in [4.69, 9.17) is 26.8 Å². The first-order chi connectivity index (χ1) is 9.70. The smallest absolute Gasteiger partial charge is 0.173 e. The standard InChI is InChI=1S/C15H15ClFNO2/c16-13-2-1-3-14(17)15(13)20-9-8-19-12-6-4-11(10-18)5-7-12/h1-7H,8-10,18H2. The van der Waals surface area contributed by atoms with E-state index < -0.39 is 5.82 Å². The molecule has 106 valence electrons. The SMILES string of the molecule is NCc1ccc(OCCOc2c(F)cccc2Cl)cc1. The van der Waals surface area contributed by atoms with Crippen molar-refractivity contribution in [1.29, 1.82) is 0 Å². The topological polar surface area (TPSA) is 44.5 Å². The minimum atomic E-state index is -0.482. The van der Waals surface area contributed by atoms with Crippen LogP contribution in [0, 0.1) is 5.82 Å². The first kappa shape index (κ1) is 14.6. The monoisotopic (exact) mass is 295 g/mol. The molecule has 2 rings (SSSR count). The van der Waals surface area contributed by atoms with Gasteiger partial charge in [-0.15, -0.1) is 0 Å². The number of hydrogen-bond acceptors (Lipinski definition) is 3. The van der Waals surface area contributed by atoms with Gasteiger partial charge in [-0.1, -0.05) is 29.8 Å². The molecule has 0 aliphatic carbocycles. The Balaban J connectivity index is 1.81. The molecule has 0 heterocycles. The van der Waals surface area contributed by atoms with Gasteiger partial charge in [0.2, 0.25) is 0 Å². The van der Waals surface area contributed by atoms with Crippen molar-refractivity contribution in [3.8, 4) is 11.5 Å². The van der Waals surface area contributed by atoms with Crippen molar-refractivity contribution in [2.24, 2.45) is 5.73 Å². The summed E-state index contributed by atoms with van der Waals surface area (Å²) in [4.78, 5) is 0. The maximum absolute atomic E-state index is 13.4. The van der Waals surface area contributed by atoms with Gasteiger partial charge in [0.1, 0.15) is 19.0 Å². The Morgan fingerprint density at radius 2 is 1.70 bits per heavy atom. The van der Waals surface area contributed by atoms with E-state index in [-0.39, 0.29) is 17.4 Å². The highest BCUT2D eigenvalue weighted by atomic mass is 35.5. The number of rotatable bonds is 6. The Bertz CT molecular complexity index is 540. The van der Waals surface area contributed by atoms with Gasteiger partial charge in [-0.05, 0) is 29.8 Å². The Morgan fingerprint density at radius 1 is 1.00 bits per heavy atom. The van der Waals surface area contributed by atoms with Gasteiger partial charge in [-0.3, -0.25) is 0 Å². The largest absolute Gasteiger partial charge is 0.490 e. The molecule has 2 aromatic rings. The molecule has 5 heteroatoms. The number of halogens is 2. The third-order valence-corrected chi connectivity index (χ3v) is 2.97. The summed E-state index contributed by atoms with van der Waals surface area (Å²) in [5, 5.41) is 0.247. The van der Waals surface area contributed by atoms with E-state index in [0.717, 1.165) is 5.56 Å². The molecule has 0 spiro atoms. The van der Waals surface area contributed by atoms with Crippen molar-refractivity contribution >= 4 is 11.6 Å². The van der Waals surface area contributed by atoms with Crippen molar-refractivity contribution in [2.45, 2.75) is 6.54 Å². The van der Waals surface area contributed by atoms with Crippen molar-refractivity contribution in [3.63, 3.8) is 0 Å². The van der Waals surface area contributed by atoms with E-state index in [1.807, 2.05) is 24.3 Å². The van der Waals surface area contributed by atoms with Crippen LogP contribution >= 0.6 is 11.6 Å². The lowest BCUT2D eigenvalue weighted by atomic mass is 10.2. The molecular weight excluding hydrogens is 281 g/mol. The van der Waals surface area contributed by atoms with Gasteiger partial charge >= 0.3 is 0 Å². The molecule has 0 atom stereocenters. The number of nitrogens with two attached hydrogens (primary N) is 1. The summed E-state index contributed by atoms with van der Waals surface area (Å²) < 4.78 is 24.2. The number of hydrogen-bond donors (Lipinski definition) is 1. The average Bonchev–Trinajstić information content (AvgIpc) is 2.46. The maximum Gasteiger partial charge on any atom is 0.173 e. The normalized spacial score (nSPS) is 10.3. The summed E-state index contributed by atoms with van der Waals surface area (Å²) in [5.41, 5.74) is 6.54. The Kier molecular flexibility index (Phi) is 5.21. The van der Waals surface area contributed by atoms with Gasteiger partial charge in [-0.2, -0.15) is 0 Å². The Labute approximate surface area is 122 Å². The lowest BCUT2D eigenvalue weighted by Crippen LogP contribution is -2.10. The fourth-order valence-electron chi connectivity index (χ4n) is 1.65. The highest BCUT2D eigenvalue weighted by Gasteiger charge is 2.07. The first-order valence-corrected chi connectivity index (χ1v) is 6.57. The summed E-state index contributed by atoms with van der Waals surface area (Å²) in [5.74, 6) is 0.284. The first-order valence-electron chi connectivity index (χ1n) is 6.19. The summed E-state index contributed by atoms with van der Waals surface area (Å²) in [6.45, 7) is 1.00. The molecule has 0 aromatic heterocycles. The van der Waals surface area contributed by atoms with Gasteiger partial charge < -0.3 is 15.2 Å². The third-order valence-electron chi connectivity index (χ3n) is 2.68.